The monoisotopic (exact) mass is 537 g/mol. The van der Waals surface area contributed by atoms with Crippen LogP contribution < -0.4 is 22.1 Å². The Hall–Kier alpha value is -3.48. The number of rotatable bonds is 13. The molecular formula is C26H34F3N5O4. The minimum absolute atomic E-state index is 0.0914. The van der Waals surface area contributed by atoms with Gasteiger partial charge in [-0.1, -0.05) is 43.3 Å². The molecule has 2 aromatic rings. The molecule has 0 radical (unpaired) electrons. The number of carbonyl (C=O) groups is 3. The molecule has 0 saturated carbocycles. The van der Waals surface area contributed by atoms with Gasteiger partial charge < -0.3 is 32.1 Å². The van der Waals surface area contributed by atoms with Crippen molar-refractivity contribution < 1.29 is 32.7 Å². The first kappa shape index (κ1) is 30.7. The molecule has 9 nitrogen and oxygen atoms in total. The molecule has 3 atom stereocenters. The van der Waals surface area contributed by atoms with Crippen LogP contribution in [0.5, 0.6) is 0 Å². The van der Waals surface area contributed by atoms with E-state index in [9.17, 15) is 32.7 Å². The summed E-state index contributed by atoms with van der Waals surface area (Å²) in [5.41, 5.74) is 10.9. The summed E-state index contributed by atoms with van der Waals surface area (Å²) in [7, 11) is 0. The van der Waals surface area contributed by atoms with E-state index in [-0.39, 0.29) is 38.3 Å². The lowest BCUT2D eigenvalue weighted by molar-refractivity contribution is -0.147. The van der Waals surface area contributed by atoms with E-state index < -0.39 is 47.5 Å². The maximum atomic E-state index is 13.1. The second kappa shape index (κ2) is 14.5. The Morgan fingerprint density at radius 3 is 2.18 bits per heavy atom. The summed E-state index contributed by atoms with van der Waals surface area (Å²) in [5.74, 6) is -3.48. The molecule has 0 spiro atoms. The summed E-state index contributed by atoms with van der Waals surface area (Å²) in [4.78, 5) is 40.0. The summed E-state index contributed by atoms with van der Waals surface area (Å²) in [6.45, 7) is 1.88. The third-order valence-corrected chi connectivity index (χ3v) is 5.90. The van der Waals surface area contributed by atoms with Crippen LogP contribution in [0.2, 0.25) is 0 Å². The van der Waals surface area contributed by atoms with E-state index in [2.05, 4.69) is 10.6 Å². The van der Waals surface area contributed by atoms with Crippen molar-refractivity contribution in [3.05, 3.63) is 65.7 Å². The molecule has 12 heteroatoms. The number of aliphatic hydroxyl groups is 1. The van der Waals surface area contributed by atoms with Gasteiger partial charge in [0.15, 0.2) is 0 Å². The smallest absolute Gasteiger partial charge is 0.382 e. The molecule has 0 bridgehead atoms. The van der Waals surface area contributed by atoms with Crippen LogP contribution in [0, 0.1) is 5.92 Å². The number of nitrogens with zero attached hydrogens (tertiary/aromatic N) is 1. The number of alkyl halides is 3. The first-order valence-corrected chi connectivity index (χ1v) is 12.2. The fraction of sp³-hybridized carbons (Fsp3) is 0.423. The molecule has 208 valence electrons. The van der Waals surface area contributed by atoms with E-state index in [1.165, 1.54) is 17.9 Å². The number of amides is 3. The zero-order chi connectivity index (χ0) is 28.3. The van der Waals surface area contributed by atoms with E-state index in [4.69, 9.17) is 11.5 Å². The average molecular weight is 538 g/mol. The molecule has 0 saturated heterocycles. The Labute approximate surface area is 219 Å². The van der Waals surface area contributed by atoms with E-state index in [1.54, 1.807) is 0 Å². The summed E-state index contributed by atoms with van der Waals surface area (Å²) in [6, 6.07) is 12.1. The Morgan fingerprint density at radius 2 is 1.61 bits per heavy atom. The van der Waals surface area contributed by atoms with Crippen molar-refractivity contribution in [3.8, 4) is 0 Å². The molecule has 3 amide bonds. The van der Waals surface area contributed by atoms with Crippen molar-refractivity contribution >= 4 is 23.4 Å². The zero-order valence-corrected chi connectivity index (χ0v) is 21.1. The number of anilines is 1. The highest BCUT2D eigenvalue weighted by Crippen LogP contribution is 2.30. The highest BCUT2D eigenvalue weighted by Gasteiger charge is 2.34. The van der Waals surface area contributed by atoms with Gasteiger partial charge in [-0.15, -0.1) is 0 Å². The molecule has 0 aliphatic heterocycles. The highest BCUT2D eigenvalue weighted by molar-refractivity contribution is 5.98. The van der Waals surface area contributed by atoms with Gasteiger partial charge in [0.05, 0.1) is 11.5 Å². The van der Waals surface area contributed by atoms with E-state index >= 15 is 0 Å². The van der Waals surface area contributed by atoms with Gasteiger partial charge in [0, 0.05) is 31.9 Å². The van der Waals surface area contributed by atoms with Crippen LogP contribution in [0.3, 0.4) is 0 Å². The van der Waals surface area contributed by atoms with E-state index in [0.29, 0.717) is 6.42 Å². The van der Waals surface area contributed by atoms with Gasteiger partial charge in [-0.3, -0.25) is 14.4 Å². The van der Waals surface area contributed by atoms with Crippen molar-refractivity contribution in [2.45, 2.75) is 38.1 Å². The molecule has 0 aliphatic rings. The van der Waals surface area contributed by atoms with Gasteiger partial charge in [0.2, 0.25) is 11.8 Å². The van der Waals surface area contributed by atoms with E-state index in [1.807, 2.05) is 30.3 Å². The Kier molecular flexibility index (Phi) is 11.7. The maximum Gasteiger partial charge on any atom is 0.416 e. The Balaban J connectivity index is 2.18. The third kappa shape index (κ3) is 9.12. The van der Waals surface area contributed by atoms with Crippen LogP contribution in [0.15, 0.2) is 54.6 Å². The second-order valence-corrected chi connectivity index (χ2v) is 8.79. The lowest BCUT2D eigenvalue weighted by Gasteiger charge is -2.27. The van der Waals surface area contributed by atoms with Crippen molar-refractivity contribution in [1.82, 2.24) is 10.2 Å². The van der Waals surface area contributed by atoms with Gasteiger partial charge in [-0.2, -0.15) is 13.2 Å². The Bertz CT molecular complexity index is 1060. The fourth-order valence-electron chi connectivity index (χ4n) is 3.72. The molecular weight excluding hydrogens is 503 g/mol. The number of aliphatic hydroxyl groups excluding tert-OH is 1. The van der Waals surface area contributed by atoms with Crippen molar-refractivity contribution in [2.75, 3.05) is 31.5 Å². The van der Waals surface area contributed by atoms with Gasteiger partial charge in [-0.25, -0.2) is 0 Å². The minimum atomic E-state index is -4.60. The minimum Gasteiger partial charge on any atom is -0.382 e. The largest absolute Gasteiger partial charge is 0.416 e. The number of carbonyl (C=O) groups excluding carboxylic acids is 3. The molecule has 3 unspecified atom stereocenters. The van der Waals surface area contributed by atoms with Crippen LogP contribution in [-0.4, -0.2) is 66.1 Å². The molecule has 0 fully saturated rings. The number of hydrogen-bond donors (Lipinski definition) is 5. The van der Waals surface area contributed by atoms with Crippen molar-refractivity contribution in [3.63, 3.8) is 0 Å². The first-order chi connectivity index (χ1) is 18.0. The van der Waals surface area contributed by atoms with E-state index in [0.717, 1.165) is 23.8 Å². The van der Waals surface area contributed by atoms with Crippen molar-refractivity contribution in [1.29, 1.82) is 0 Å². The molecule has 2 aromatic carbocycles. The second-order valence-electron chi connectivity index (χ2n) is 8.79. The van der Waals surface area contributed by atoms with Crippen molar-refractivity contribution in [2.24, 2.45) is 17.4 Å². The van der Waals surface area contributed by atoms with Gasteiger partial charge in [0.1, 0.15) is 12.1 Å². The lowest BCUT2D eigenvalue weighted by atomic mass is 10.00. The SMILES string of the molecule is CC(C(=O)NC(CCc1ccccc1)C(=O)Nc1cccc(C(F)(F)F)c1)C(O)C(=O)N(CCN)CCN. The normalized spacial score (nSPS) is 13.8. The summed E-state index contributed by atoms with van der Waals surface area (Å²) < 4.78 is 39.3. The highest BCUT2D eigenvalue weighted by atomic mass is 19.4. The number of hydrogen-bond acceptors (Lipinski definition) is 6. The molecule has 0 heterocycles. The summed E-state index contributed by atoms with van der Waals surface area (Å²) in [6.07, 6.45) is -5.82. The lowest BCUT2D eigenvalue weighted by Crippen LogP contribution is -2.52. The Morgan fingerprint density at radius 1 is 0.974 bits per heavy atom. The predicted molar refractivity (Wildman–Crippen MR) is 137 cm³/mol. The molecule has 2 rings (SSSR count). The summed E-state index contributed by atoms with van der Waals surface area (Å²) >= 11 is 0. The predicted octanol–water partition coefficient (Wildman–Crippen LogP) is 1.50. The number of nitrogens with two attached hydrogens (primary N) is 2. The first-order valence-electron chi connectivity index (χ1n) is 12.2. The van der Waals surface area contributed by atoms with Crippen LogP contribution in [0.25, 0.3) is 0 Å². The molecule has 38 heavy (non-hydrogen) atoms. The quantitative estimate of drug-likeness (QED) is 0.261. The van der Waals surface area contributed by atoms with Crippen LogP contribution in [0.1, 0.15) is 24.5 Å². The molecule has 7 N–H and O–H groups in total. The van der Waals surface area contributed by atoms with Crippen LogP contribution >= 0.6 is 0 Å². The maximum absolute atomic E-state index is 13.1. The zero-order valence-electron chi connectivity index (χ0n) is 21.1. The van der Waals surface area contributed by atoms with Crippen LogP contribution in [-0.2, 0) is 27.0 Å². The summed E-state index contributed by atoms with van der Waals surface area (Å²) in [5, 5.41) is 15.5. The van der Waals surface area contributed by atoms with Gasteiger partial charge in [0.25, 0.3) is 5.91 Å². The van der Waals surface area contributed by atoms with Gasteiger partial charge in [-0.05, 0) is 36.6 Å². The molecule has 0 aromatic heterocycles. The number of benzene rings is 2. The molecule has 0 aliphatic carbocycles. The number of aryl methyl sites for hydroxylation is 1. The van der Waals surface area contributed by atoms with Crippen LogP contribution in [0.4, 0.5) is 18.9 Å². The third-order valence-electron chi connectivity index (χ3n) is 5.90. The average Bonchev–Trinajstić information content (AvgIpc) is 2.89. The number of halogens is 3. The number of nitrogens with one attached hydrogen (secondary N) is 2. The fourth-order valence-corrected chi connectivity index (χ4v) is 3.72. The standard InChI is InChI=1S/C26H34F3N5O4/c1-17(22(35)25(38)34(14-12-30)15-13-31)23(36)33-21(11-10-18-6-3-2-4-7-18)24(37)32-20-9-5-8-19(16-20)26(27,28)29/h2-9,16-17,21-22,35H,10-15,30-31H2,1H3,(H,32,37)(H,33,36). The topological polar surface area (TPSA) is 151 Å². The van der Waals surface area contributed by atoms with Gasteiger partial charge >= 0.3 is 6.18 Å².